The molecule has 0 aliphatic heterocycles. The van der Waals surface area contributed by atoms with Crippen LogP contribution in [0.25, 0.3) is 11.1 Å². The van der Waals surface area contributed by atoms with E-state index in [0.717, 1.165) is 6.07 Å². The lowest BCUT2D eigenvalue weighted by Crippen LogP contribution is -2.29. The standard InChI is InChI=1S/C18H16F3N3O3/c1-9-7-12(15-10(2)24-27-17(15)23-9)16(26)22-8-14(25)11-5-3-4-6-13(11)18(19,20)21/h3-7,14,25H,8H2,1-2H3,(H,22,26)/t14-/m0/s1. The van der Waals surface area contributed by atoms with Crippen LogP contribution in [0, 0.1) is 13.8 Å². The number of carbonyl (C=O) groups excluding carboxylic acids is 1. The van der Waals surface area contributed by atoms with Crippen molar-refractivity contribution in [2.24, 2.45) is 0 Å². The summed E-state index contributed by atoms with van der Waals surface area (Å²) in [5.74, 6) is -0.569. The molecule has 27 heavy (non-hydrogen) atoms. The third-order valence-corrected chi connectivity index (χ3v) is 4.07. The first-order chi connectivity index (χ1) is 12.7. The van der Waals surface area contributed by atoms with E-state index in [1.807, 2.05) is 0 Å². The van der Waals surface area contributed by atoms with Gasteiger partial charge in [0.1, 0.15) is 0 Å². The van der Waals surface area contributed by atoms with Gasteiger partial charge in [0.25, 0.3) is 11.6 Å². The Hall–Kier alpha value is -2.94. The lowest BCUT2D eigenvalue weighted by Gasteiger charge is -2.18. The predicted molar refractivity (Wildman–Crippen MR) is 90.0 cm³/mol. The van der Waals surface area contributed by atoms with E-state index in [0.29, 0.717) is 16.8 Å². The number of carbonyl (C=O) groups is 1. The summed E-state index contributed by atoms with van der Waals surface area (Å²) in [7, 11) is 0. The van der Waals surface area contributed by atoms with E-state index >= 15 is 0 Å². The summed E-state index contributed by atoms with van der Waals surface area (Å²) in [5.41, 5.74) is 0.164. The van der Waals surface area contributed by atoms with Gasteiger partial charge in [0.2, 0.25) is 0 Å². The molecule has 3 aromatic rings. The summed E-state index contributed by atoms with van der Waals surface area (Å²) in [6, 6.07) is 6.22. The van der Waals surface area contributed by atoms with E-state index in [4.69, 9.17) is 4.52 Å². The molecule has 0 saturated heterocycles. The molecule has 0 saturated carbocycles. The van der Waals surface area contributed by atoms with Crippen LogP contribution in [-0.2, 0) is 6.18 Å². The van der Waals surface area contributed by atoms with Gasteiger partial charge in [0.05, 0.1) is 28.3 Å². The average molecular weight is 379 g/mol. The minimum absolute atomic E-state index is 0.195. The summed E-state index contributed by atoms with van der Waals surface area (Å²) >= 11 is 0. The maximum atomic E-state index is 13.1. The number of aryl methyl sites for hydroxylation is 2. The van der Waals surface area contributed by atoms with Gasteiger partial charge in [-0.2, -0.15) is 13.2 Å². The van der Waals surface area contributed by atoms with Gasteiger partial charge in [0.15, 0.2) is 0 Å². The molecule has 0 fully saturated rings. The molecule has 0 aliphatic carbocycles. The van der Waals surface area contributed by atoms with Gasteiger partial charge >= 0.3 is 6.18 Å². The normalized spacial score (nSPS) is 13.0. The molecule has 142 valence electrons. The van der Waals surface area contributed by atoms with Crippen molar-refractivity contribution in [3.63, 3.8) is 0 Å². The van der Waals surface area contributed by atoms with Crippen LogP contribution in [0.5, 0.6) is 0 Å². The molecule has 1 atom stereocenters. The van der Waals surface area contributed by atoms with Crippen molar-refractivity contribution in [2.75, 3.05) is 6.54 Å². The number of nitrogens with zero attached hydrogens (tertiary/aromatic N) is 2. The van der Waals surface area contributed by atoms with Crippen LogP contribution < -0.4 is 5.32 Å². The number of nitrogens with one attached hydrogen (secondary N) is 1. The van der Waals surface area contributed by atoms with Crippen LogP contribution in [0.15, 0.2) is 34.9 Å². The van der Waals surface area contributed by atoms with Gasteiger partial charge in [-0.25, -0.2) is 4.98 Å². The van der Waals surface area contributed by atoms with Gasteiger partial charge < -0.3 is 14.9 Å². The quantitative estimate of drug-likeness (QED) is 0.726. The second-order valence-corrected chi connectivity index (χ2v) is 6.07. The fraction of sp³-hybridized carbons (Fsp3) is 0.278. The number of hydrogen-bond acceptors (Lipinski definition) is 5. The molecule has 6 nitrogen and oxygen atoms in total. The molecule has 2 aromatic heterocycles. The molecule has 0 aliphatic rings. The number of fused-ring (bicyclic) bond motifs is 1. The number of alkyl halides is 3. The number of aromatic nitrogens is 2. The molecule has 2 heterocycles. The van der Waals surface area contributed by atoms with Crippen LogP contribution in [0.2, 0.25) is 0 Å². The molecule has 0 radical (unpaired) electrons. The smallest absolute Gasteiger partial charge is 0.387 e. The van der Waals surface area contributed by atoms with Crippen molar-refractivity contribution in [3.05, 3.63) is 58.4 Å². The van der Waals surface area contributed by atoms with Gasteiger partial charge in [-0.05, 0) is 31.5 Å². The molecular formula is C18H16F3N3O3. The van der Waals surface area contributed by atoms with Gasteiger partial charge in [-0.15, -0.1) is 0 Å². The number of halogens is 3. The Labute approximate surface area is 152 Å². The Bertz CT molecular complexity index is 998. The summed E-state index contributed by atoms with van der Waals surface area (Å²) in [6.07, 6.45) is -6.12. The van der Waals surface area contributed by atoms with Gasteiger partial charge in [-0.3, -0.25) is 4.79 Å². The highest BCUT2D eigenvalue weighted by Crippen LogP contribution is 2.34. The number of aliphatic hydroxyl groups is 1. The molecule has 0 spiro atoms. The highest BCUT2D eigenvalue weighted by molar-refractivity contribution is 6.06. The second-order valence-electron chi connectivity index (χ2n) is 6.07. The number of rotatable bonds is 4. The zero-order valence-corrected chi connectivity index (χ0v) is 14.5. The van der Waals surface area contributed by atoms with E-state index in [1.165, 1.54) is 24.3 Å². The Kier molecular flexibility index (Phi) is 4.88. The first kappa shape index (κ1) is 18.8. The Morgan fingerprint density at radius 3 is 2.70 bits per heavy atom. The van der Waals surface area contributed by atoms with Crippen molar-refractivity contribution >= 4 is 17.0 Å². The number of aliphatic hydroxyl groups excluding tert-OH is 1. The molecule has 9 heteroatoms. The summed E-state index contributed by atoms with van der Waals surface area (Å²) < 4.78 is 44.3. The minimum Gasteiger partial charge on any atom is -0.387 e. The first-order valence-corrected chi connectivity index (χ1v) is 8.04. The Balaban J connectivity index is 1.82. The first-order valence-electron chi connectivity index (χ1n) is 8.04. The molecule has 0 unspecified atom stereocenters. The van der Waals surface area contributed by atoms with Crippen molar-refractivity contribution in [2.45, 2.75) is 26.1 Å². The molecular weight excluding hydrogens is 363 g/mol. The van der Waals surface area contributed by atoms with E-state index in [2.05, 4.69) is 15.5 Å². The maximum absolute atomic E-state index is 13.1. The maximum Gasteiger partial charge on any atom is 0.416 e. The van der Waals surface area contributed by atoms with Crippen LogP contribution in [-0.4, -0.2) is 27.7 Å². The van der Waals surface area contributed by atoms with Crippen LogP contribution in [0.4, 0.5) is 13.2 Å². The molecule has 2 N–H and O–H groups in total. The fourth-order valence-electron chi connectivity index (χ4n) is 2.84. The lowest BCUT2D eigenvalue weighted by atomic mass is 10.0. The number of amides is 1. The molecule has 1 aromatic carbocycles. The largest absolute Gasteiger partial charge is 0.416 e. The van der Waals surface area contributed by atoms with Crippen LogP contribution >= 0.6 is 0 Å². The highest BCUT2D eigenvalue weighted by Gasteiger charge is 2.34. The van der Waals surface area contributed by atoms with Gasteiger partial charge in [0, 0.05) is 12.2 Å². The van der Waals surface area contributed by atoms with Gasteiger partial charge in [-0.1, -0.05) is 23.4 Å². The van der Waals surface area contributed by atoms with Crippen LogP contribution in [0.1, 0.15) is 39.0 Å². The Morgan fingerprint density at radius 1 is 1.30 bits per heavy atom. The second kappa shape index (κ2) is 6.99. The summed E-state index contributed by atoms with van der Waals surface area (Å²) in [5, 5.41) is 16.8. The molecule has 1 amide bonds. The topological polar surface area (TPSA) is 88.2 Å². The van der Waals surface area contributed by atoms with Crippen molar-refractivity contribution < 1.29 is 27.6 Å². The number of hydrogen-bond donors (Lipinski definition) is 2. The fourth-order valence-corrected chi connectivity index (χ4v) is 2.84. The van der Waals surface area contributed by atoms with E-state index in [9.17, 15) is 23.1 Å². The summed E-state index contributed by atoms with van der Waals surface area (Å²) in [4.78, 5) is 16.7. The monoisotopic (exact) mass is 379 g/mol. The Morgan fingerprint density at radius 2 is 2.00 bits per heavy atom. The van der Waals surface area contributed by atoms with E-state index < -0.39 is 23.8 Å². The molecule has 0 bridgehead atoms. The highest BCUT2D eigenvalue weighted by atomic mass is 19.4. The average Bonchev–Trinajstić information content (AvgIpc) is 2.98. The van der Waals surface area contributed by atoms with Crippen molar-refractivity contribution in [3.8, 4) is 0 Å². The van der Waals surface area contributed by atoms with Crippen molar-refractivity contribution in [1.29, 1.82) is 0 Å². The lowest BCUT2D eigenvalue weighted by molar-refractivity contribution is -0.139. The number of pyridine rings is 1. The SMILES string of the molecule is Cc1cc(C(=O)NC[C@H](O)c2ccccc2C(F)(F)F)c2c(C)noc2n1. The third-order valence-electron chi connectivity index (χ3n) is 4.07. The zero-order valence-electron chi connectivity index (χ0n) is 14.5. The zero-order chi connectivity index (χ0) is 19.8. The molecule has 3 rings (SSSR count). The van der Waals surface area contributed by atoms with E-state index in [1.54, 1.807) is 13.8 Å². The van der Waals surface area contributed by atoms with E-state index in [-0.39, 0.29) is 23.4 Å². The third kappa shape index (κ3) is 3.77. The van der Waals surface area contributed by atoms with Crippen molar-refractivity contribution in [1.82, 2.24) is 15.5 Å². The number of benzene rings is 1. The summed E-state index contributed by atoms with van der Waals surface area (Å²) in [6.45, 7) is 2.93. The predicted octanol–water partition coefficient (Wildman–Crippen LogP) is 3.32. The minimum atomic E-state index is -4.60. The van der Waals surface area contributed by atoms with Crippen LogP contribution in [0.3, 0.4) is 0 Å².